The molecular formula is C12H12Cl2O. The molecule has 0 aliphatic heterocycles. The lowest BCUT2D eigenvalue weighted by Gasteiger charge is -2.24. The zero-order valence-electron chi connectivity index (χ0n) is 8.47. The molecule has 0 radical (unpaired) electrons. The summed E-state index contributed by atoms with van der Waals surface area (Å²) in [6.07, 6.45) is 2.20. The molecule has 0 heterocycles. The van der Waals surface area contributed by atoms with Gasteiger partial charge >= 0.3 is 0 Å². The lowest BCUT2D eigenvalue weighted by Crippen LogP contribution is -2.28. The largest absolute Gasteiger partial charge is 0.280 e. The van der Waals surface area contributed by atoms with Gasteiger partial charge in [-0.05, 0) is 42.6 Å². The first-order chi connectivity index (χ1) is 7.00. The first-order valence-electron chi connectivity index (χ1n) is 4.57. The van der Waals surface area contributed by atoms with Gasteiger partial charge < -0.3 is 0 Å². The second-order valence-corrected chi connectivity index (χ2v) is 4.39. The fourth-order valence-electron chi connectivity index (χ4n) is 1.42. The van der Waals surface area contributed by atoms with Crippen molar-refractivity contribution in [3.05, 3.63) is 47.5 Å². The van der Waals surface area contributed by atoms with Crippen molar-refractivity contribution < 1.29 is 4.79 Å². The molecule has 1 aromatic carbocycles. The maximum absolute atomic E-state index is 11.4. The second kappa shape index (κ2) is 4.82. The molecule has 0 N–H and O–H groups in total. The summed E-state index contributed by atoms with van der Waals surface area (Å²) in [5, 5.41) is 0.256. The van der Waals surface area contributed by atoms with Crippen LogP contribution in [0.1, 0.15) is 18.9 Å². The molecule has 0 fully saturated rings. The normalized spacial score (nSPS) is 14.3. The van der Waals surface area contributed by atoms with E-state index in [0.29, 0.717) is 11.4 Å². The van der Waals surface area contributed by atoms with Crippen molar-refractivity contribution in [2.45, 2.75) is 18.8 Å². The van der Waals surface area contributed by atoms with Gasteiger partial charge in [0.1, 0.15) is 0 Å². The minimum absolute atomic E-state index is 0.385. The Hall–Kier alpha value is -0.790. The number of rotatable bonds is 4. The number of carbonyl (C=O) groups excluding carboxylic acids is 1. The molecule has 1 atom stereocenters. The third-order valence-corrected chi connectivity index (χ3v) is 3.14. The molecule has 0 spiro atoms. The van der Waals surface area contributed by atoms with Gasteiger partial charge in [0, 0.05) is 5.02 Å². The summed E-state index contributed by atoms with van der Waals surface area (Å²) in [7, 11) is 0. The van der Waals surface area contributed by atoms with E-state index in [1.807, 2.05) is 12.1 Å². The van der Waals surface area contributed by atoms with E-state index < -0.39 is 5.41 Å². The molecule has 1 rings (SSSR count). The summed E-state index contributed by atoms with van der Waals surface area (Å²) in [5.74, 6) is 0. The molecule has 1 aromatic rings. The predicted octanol–water partition coefficient (Wildman–Crippen LogP) is 3.94. The van der Waals surface area contributed by atoms with Crippen LogP contribution in [0, 0.1) is 0 Å². The van der Waals surface area contributed by atoms with Crippen LogP contribution in [0.5, 0.6) is 0 Å². The van der Waals surface area contributed by atoms with Crippen molar-refractivity contribution in [2.24, 2.45) is 0 Å². The summed E-state index contributed by atoms with van der Waals surface area (Å²) in [4.78, 5) is 11.4. The Morgan fingerprint density at radius 1 is 1.47 bits per heavy atom. The maximum atomic E-state index is 11.4. The SMILES string of the molecule is C=CCC(C)(C(=O)Cl)c1ccc(Cl)cc1. The Morgan fingerprint density at radius 3 is 2.40 bits per heavy atom. The van der Waals surface area contributed by atoms with Crippen LogP contribution in [0.3, 0.4) is 0 Å². The van der Waals surface area contributed by atoms with Gasteiger partial charge in [-0.1, -0.05) is 29.8 Å². The molecule has 0 aliphatic rings. The number of halogens is 2. The van der Waals surface area contributed by atoms with Crippen molar-refractivity contribution in [2.75, 3.05) is 0 Å². The topological polar surface area (TPSA) is 17.1 Å². The highest BCUT2D eigenvalue weighted by molar-refractivity contribution is 6.65. The molecule has 80 valence electrons. The summed E-state index contributed by atoms with van der Waals surface area (Å²) in [6.45, 7) is 5.43. The molecule has 0 saturated heterocycles. The fourth-order valence-corrected chi connectivity index (χ4v) is 1.73. The molecule has 1 unspecified atom stereocenters. The van der Waals surface area contributed by atoms with Crippen molar-refractivity contribution in [3.63, 3.8) is 0 Å². The van der Waals surface area contributed by atoms with E-state index in [0.717, 1.165) is 5.56 Å². The molecule has 0 aliphatic carbocycles. The summed E-state index contributed by atoms with van der Waals surface area (Å²) in [6, 6.07) is 7.12. The van der Waals surface area contributed by atoms with Gasteiger partial charge in [0.15, 0.2) is 0 Å². The standard InChI is InChI=1S/C12H12Cl2O/c1-3-8-12(2,11(14)15)9-4-6-10(13)7-5-9/h3-7H,1,8H2,2H3. The van der Waals surface area contributed by atoms with E-state index >= 15 is 0 Å². The van der Waals surface area contributed by atoms with E-state index in [4.69, 9.17) is 23.2 Å². The summed E-state index contributed by atoms with van der Waals surface area (Å²) in [5.41, 5.74) is 0.139. The third-order valence-electron chi connectivity index (χ3n) is 2.47. The van der Waals surface area contributed by atoms with E-state index in [-0.39, 0.29) is 5.24 Å². The highest BCUT2D eigenvalue weighted by atomic mass is 35.5. The lowest BCUT2D eigenvalue weighted by atomic mass is 9.81. The number of allylic oxidation sites excluding steroid dienone is 1. The van der Waals surface area contributed by atoms with Crippen molar-refractivity contribution in [1.82, 2.24) is 0 Å². The van der Waals surface area contributed by atoms with Crippen LogP contribution in [0.25, 0.3) is 0 Å². The third kappa shape index (κ3) is 2.61. The van der Waals surface area contributed by atoms with E-state index in [1.54, 1.807) is 25.1 Å². The van der Waals surface area contributed by atoms with Gasteiger partial charge in [0.25, 0.3) is 0 Å². The molecule has 0 saturated carbocycles. The van der Waals surface area contributed by atoms with Crippen molar-refractivity contribution in [3.8, 4) is 0 Å². The average molecular weight is 243 g/mol. The van der Waals surface area contributed by atoms with E-state index in [1.165, 1.54) is 0 Å². The zero-order chi connectivity index (χ0) is 11.5. The highest BCUT2D eigenvalue weighted by Gasteiger charge is 2.32. The number of carbonyl (C=O) groups is 1. The van der Waals surface area contributed by atoms with Gasteiger partial charge in [-0.2, -0.15) is 0 Å². The van der Waals surface area contributed by atoms with Crippen LogP contribution in [-0.2, 0) is 10.2 Å². The van der Waals surface area contributed by atoms with Gasteiger partial charge in [0.05, 0.1) is 5.41 Å². The van der Waals surface area contributed by atoms with Gasteiger partial charge in [0.2, 0.25) is 5.24 Å². The van der Waals surface area contributed by atoms with Crippen LogP contribution < -0.4 is 0 Å². The summed E-state index contributed by atoms with van der Waals surface area (Å²) < 4.78 is 0. The Morgan fingerprint density at radius 2 is 2.00 bits per heavy atom. The van der Waals surface area contributed by atoms with Crippen LogP contribution in [0.4, 0.5) is 0 Å². The molecule has 3 heteroatoms. The van der Waals surface area contributed by atoms with Crippen molar-refractivity contribution in [1.29, 1.82) is 0 Å². The van der Waals surface area contributed by atoms with Crippen LogP contribution >= 0.6 is 23.2 Å². The van der Waals surface area contributed by atoms with Gasteiger partial charge in [-0.25, -0.2) is 0 Å². The highest BCUT2D eigenvalue weighted by Crippen LogP contribution is 2.31. The predicted molar refractivity (Wildman–Crippen MR) is 64.5 cm³/mol. The smallest absolute Gasteiger partial charge is 0.232 e. The quantitative estimate of drug-likeness (QED) is 0.578. The molecular weight excluding hydrogens is 231 g/mol. The Kier molecular flexibility index (Phi) is 3.95. The Balaban J connectivity index is 3.14. The molecule has 0 amide bonds. The zero-order valence-corrected chi connectivity index (χ0v) is 9.98. The van der Waals surface area contributed by atoms with Gasteiger partial charge in [-0.15, -0.1) is 6.58 Å². The van der Waals surface area contributed by atoms with E-state index in [2.05, 4.69) is 6.58 Å². The van der Waals surface area contributed by atoms with Crippen LogP contribution in [0.15, 0.2) is 36.9 Å². The minimum atomic E-state index is -0.714. The van der Waals surface area contributed by atoms with Crippen LogP contribution in [0.2, 0.25) is 5.02 Å². The number of hydrogen-bond donors (Lipinski definition) is 0. The minimum Gasteiger partial charge on any atom is -0.280 e. The maximum Gasteiger partial charge on any atom is 0.232 e. The first-order valence-corrected chi connectivity index (χ1v) is 5.33. The monoisotopic (exact) mass is 242 g/mol. The lowest BCUT2D eigenvalue weighted by molar-refractivity contribution is -0.116. The molecule has 1 nitrogen and oxygen atoms in total. The van der Waals surface area contributed by atoms with Crippen molar-refractivity contribution >= 4 is 28.4 Å². The van der Waals surface area contributed by atoms with Gasteiger partial charge in [-0.3, -0.25) is 4.79 Å². The Bertz CT molecular complexity index is 370. The molecule has 0 bridgehead atoms. The first kappa shape index (κ1) is 12.3. The Labute approximate surface area is 99.7 Å². The number of hydrogen-bond acceptors (Lipinski definition) is 1. The fraction of sp³-hybridized carbons (Fsp3) is 0.250. The summed E-state index contributed by atoms with van der Waals surface area (Å²) >= 11 is 11.4. The van der Waals surface area contributed by atoms with Crippen LogP contribution in [-0.4, -0.2) is 5.24 Å². The molecule has 15 heavy (non-hydrogen) atoms. The second-order valence-electron chi connectivity index (χ2n) is 3.61. The number of benzene rings is 1. The molecule has 0 aromatic heterocycles. The average Bonchev–Trinajstić information content (AvgIpc) is 2.18. The van der Waals surface area contributed by atoms with E-state index in [9.17, 15) is 4.79 Å².